The second-order valence-electron chi connectivity index (χ2n) is 4.24. The number of rotatable bonds is 2. The predicted molar refractivity (Wildman–Crippen MR) is 49.5 cm³/mol. The molecule has 3 heteroatoms. The molecule has 0 aliphatic carbocycles. The minimum atomic E-state index is 0.341. The highest BCUT2D eigenvalue weighted by molar-refractivity contribution is 5.84. The molecule has 0 saturated carbocycles. The Bertz CT molecular complexity index is 213. The summed E-state index contributed by atoms with van der Waals surface area (Å²) >= 11 is 0. The van der Waals surface area contributed by atoms with Crippen molar-refractivity contribution in [2.24, 2.45) is 10.6 Å². The van der Waals surface area contributed by atoms with Gasteiger partial charge in [0.05, 0.1) is 0 Å². The zero-order valence-corrected chi connectivity index (χ0v) is 7.98. The summed E-state index contributed by atoms with van der Waals surface area (Å²) in [4.78, 5) is 4.81. The van der Waals surface area contributed by atoms with Crippen molar-refractivity contribution in [1.82, 2.24) is 5.32 Å². The van der Waals surface area contributed by atoms with Crippen LogP contribution in [0.15, 0.2) is 17.6 Å². The van der Waals surface area contributed by atoms with E-state index < -0.39 is 0 Å². The van der Waals surface area contributed by atoms with Crippen LogP contribution in [0, 0.1) is 5.41 Å². The zero-order chi connectivity index (χ0) is 9.19. The summed E-state index contributed by atoms with van der Waals surface area (Å²) in [6.07, 6.45) is 2.01. The van der Waals surface area contributed by atoms with Crippen molar-refractivity contribution in [3.8, 4) is 0 Å². The number of nitrogens with zero attached hydrogens (tertiary/aromatic N) is 1. The fourth-order valence-electron chi connectivity index (χ4n) is 0.918. The lowest BCUT2D eigenvalue weighted by atomic mass is 9.90. The van der Waals surface area contributed by atoms with Crippen molar-refractivity contribution in [3.63, 3.8) is 0 Å². The molecule has 0 saturated heterocycles. The Labute approximate surface area is 73.5 Å². The Balaban J connectivity index is 2.30. The first-order valence-electron chi connectivity index (χ1n) is 4.17. The first-order chi connectivity index (χ1) is 5.47. The van der Waals surface area contributed by atoms with E-state index in [2.05, 4.69) is 37.8 Å². The lowest BCUT2D eigenvalue weighted by Crippen LogP contribution is -2.18. The Morgan fingerprint density at radius 3 is 2.58 bits per heavy atom. The van der Waals surface area contributed by atoms with Gasteiger partial charge in [-0.3, -0.25) is 0 Å². The minimum absolute atomic E-state index is 0.341. The standard InChI is InChI=1S/C9H16N2O/c1-7-10-8(11-12-7)5-6-9(2,3)4/h1,5-6H2,2-4H3,(H,10,11). The first kappa shape index (κ1) is 9.10. The normalized spacial score (nSPS) is 16.9. The number of nitrogens with one attached hydrogen (secondary N) is 1. The zero-order valence-electron chi connectivity index (χ0n) is 7.98. The van der Waals surface area contributed by atoms with Gasteiger partial charge in [0.15, 0.2) is 0 Å². The van der Waals surface area contributed by atoms with E-state index >= 15 is 0 Å². The molecule has 0 aromatic carbocycles. The average Bonchev–Trinajstić information content (AvgIpc) is 2.30. The van der Waals surface area contributed by atoms with Gasteiger partial charge >= 0.3 is 0 Å². The van der Waals surface area contributed by atoms with Crippen LogP contribution in [0.25, 0.3) is 0 Å². The third-order valence-corrected chi connectivity index (χ3v) is 1.66. The highest BCUT2D eigenvalue weighted by atomic mass is 16.7. The largest absolute Gasteiger partial charge is 0.337 e. The summed E-state index contributed by atoms with van der Waals surface area (Å²) in [6, 6.07) is 0. The highest BCUT2D eigenvalue weighted by Gasteiger charge is 2.15. The predicted octanol–water partition coefficient (Wildman–Crippen LogP) is 2.22. The van der Waals surface area contributed by atoms with Gasteiger partial charge in [-0.1, -0.05) is 25.9 Å². The molecule has 1 N–H and O–H groups in total. The molecule has 1 rings (SSSR count). The maximum absolute atomic E-state index is 4.81. The van der Waals surface area contributed by atoms with Gasteiger partial charge in [0.2, 0.25) is 5.88 Å². The van der Waals surface area contributed by atoms with E-state index in [9.17, 15) is 0 Å². The summed E-state index contributed by atoms with van der Waals surface area (Å²) in [5.74, 6) is 1.41. The quantitative estimate of drug-likeness (QED) is 0.686. The van der Waals surface area contributed by atoms with Crippen LogP contribution in [0.4, 0.5) is 0 Å². The van der Waals surface area contributed by atoms with Gasteiger partial charge < -0.3 is 10.2 Å². The van der Waals surface area contributed by atoms with Crippen molar-refractivity contribution in [3.05, 3.63) is 12.5 Å². The van der Waals surface area contributed by atoms with Gasteiger partial charge in [0.1, 0.15) is 5.84 Å². The number of hydrogen-bond donors (Lipinski definition) is 1. The molecule has 0 spiro atoms. The van der Waals surface area contributed by atoms with Gasteiger partial charge in [-0.2, -0.15) is 0 Å². The Hall–Kier alpha value is -0.990. The minimum Gasteiger partial charge on any atom is -0.337 e. The van der Waals surface area contributed by atoms with Gasteiger partial charge in [-0.05, 0) is 18.4 Å². The van der Waals surface area contributed by atoms with Crippen LogP contribution in [0.1, 0.15) is 33.6 Å². The molecular formula is C9H16N2O. The molecule has 68 valence electrons. The molecule has 0 fully saturated rings. The van der Waals surface area contributed by atoms with Crippen LogP contribution < -0.4 is 5.32 Å². The van der Waals surface area contributed by atoms with Crippen molar-refractivity contribution in [2.75, 3.05) is 0 Å². The number of oxime groups is 1. The van der Waals surface area contributed by atoms with Crippen LogP contribution in [0.2, 0.25) is 0 Å². The summed E-state index contributed by atoms with van der Waals surface area (Å²) in [6.45, 7) is 10.2. The fraction of sp³-hybridized carbons (Fsp3) is 0.667. The molecule has 1 aliphatic heterocycles. The summed E-state index contributed by atoms with van der Waals surface area (Å²) in [7, 11) is 0. The Morgan fingerprint density at radius 2 is 2.17 bits per heavy atom. The molecule has 0 bridgehead atoms. The van der Waals surface area contributed by atoms with E-state index in [0.717, 1.165) is 18.7 Å². The van der Waals surface area contributed by atoms with Crippen LogP contribution in [0.3, 0.4) is 0 Å². The monoisotopic (exact) mass is 168 g/mol. The molecule has 0 radical (unpaired) electrons. The second kappa shape index (κ2) is 3.17. The third-order valence-electron chi connectivity index (χ3n) is 1.66. The van der Waals surface area contributed by atoms with Crippen LogP contribution in [0.5, 0.6) is 0 Å². The van der Waals surface area contributed by atoms with E-state index in [-0.39, 0.29) is 0 Å². The second-order valence-corrected chi connectivity index (χ2v) is 4.24. The van der Waals surface area contributed by atoms with Crippen molar-refractivity contribution < 1.29 is 4.84 Å². The van der Waals surface area contributed by atoms with Gasteiger partial charge in [0.25, 0.3) is 0 Å². The van der Waals surface area contributed by atoms with Crippen molar-refractivity contribution in [2.45, 2.75) is 33.6 Å². The molecule has 0 amide bonds. The van der Waals surface area contributed by atoms with Crippen molar-refractivity contribution in [1.29, 1.82) is 0 Å². The molecular weight excluding hydrogens is 152 g/mol. The lowest BCUT2D eigenvalue weighted by molar-refractivity contribution is 0.240. The van der Waals surface area contributed by atoms with Crippen LogP contribution in [-0.2, 0) is 4.84 Å². The molecule has 0 aromatic heterocycles. The Kier molecular flexibility index (Phi) is 2.40. The van der Waals surface area contributed by atoms with E-state index in [1.54, 1.807) is 0 Å². The molecule has 3 nitrogen and oxygen atoms in total. The van der Waals surface area contributed by atoms with E-state index in [4.69, 9.17) is 4.84 Å². The van der Waals surface area contributed by atoms with E-state index in [1.807, 2.05) is 0 Å². The molecule has 0 unspecified atom stereocenters. The van der Waals surface area contributed by atoms with Gasteiger partial charge in [0, 0.05) is 6.42 Å². The van der Waals surface area contributed by atoms with Gasteiger partial charge in [-0.25, -0.2) is 0 Å². The summed E-state index contributed by atoms with van der Waals surface area (Å²) in [5.41, 5.74) is 0.341. The molecule has 1 heterocycles. The smallest absolute Gasteiger partial charge is 0.221 e. The highest BCUT2D eigenvalue weighted by Crippen LogP contribution is 2.21. The summed E-state index contributed by atoms with van der Waals surface area (Å²) < 4.78 is 0. The molecule has 1 aliphatic rings. The first-order valence-corrected chi connectivity index (χ1v) is 4.17. The maximum Gasteiger partial charge on any atom is 0.221 e. The molecule has 12 heavy (non-hydrogen) atoms. The van der Waals surface area contributed by atoms with E-state index in [0.29, 0.717) is 11.3 Å². The Morgan fingerprint density at radius 1 is 1.50 bits per heavy atom. The molecule has 0 aromatic rings. The van der Waals surface area contributed by atoms with E-state index in [1.165, 1.54) is 0 Å². The SMILES string of the molecule is C=C1NC(CCC(C)(C)C)=NO1. The maximum atomic E-state index is 4.81. The van der Waals surface area contributed by atoms with Crippen LogP contribution >= 0.6 is 0 Å². The van der Waals surface area contributed by atoms with Crippen LogP contribution in [-0.4, -0.2) is 5.84 Å². The molecule has 0 atom stereocenters. The topological polar surface area (TPSA) is 33.6 Å². The number of amidine groups is 1. The lowest BCUT2D eigenvalue weighted by Gasteiger charge is -2.16. The fourth-order valence-corrected chi connectivity index (χ4v) is 0.918. The summed E-state index contributed by atoms with van der Waals surface area (Å²) in [5, 5.41) is 6.79. The number of hydrogen-bond acceptors (Lipinski definition) is 3. The average molecular weight is 168 g/mol. The third kappa shape index (κ3) is 2.95. The van der Waals surface area contributed by atoms with Crippen molar-refractivity contribution >= 4 is 5.84 Å². The van der Waals surface area contributed by atoms with Gasteiger partial charge in [-0.15, -0.1) is 0 Å².